The molecular formula is C28H19BrN2O4. The zero-order valence-electron chi connectivity index (χ0n) is 18.6. The Kier molecular flexibility index (Phi) is 7.24. The van der Waals surface area contributed by atoms with Crippen LogP contribution in [-0.2, 0) is 4.79 Å². The van der Waals surface area contributed by atoms with E-state index in [1.165, 1.54) is 13.2 Å². The van der Waals surface area contributed by atoms with Crippen molar-refractivity contribution >= 4 is 50.3 Å². The Morgan fingerprint density at radius 1 is 0.971 bits per heavy atom. The molecule has 0 radical (unpaired) electrons. The molecule has 0 unspecified atom stereocenters. The molecule has 0 aliphatic carbocycles. The highest BCUT2D eigenvalue weighted by molar-refractivity contribution is 9.10. The van der Waals surface area contributed by atoms with Crippen LogP contribution in [0.3, 0.4) is 0 Å². The molecule has 6 nitrogen and oxygen atoms in total. The molecule has 0 heterocycles. The van der Waals surface area contributed by atoms with Crippen LogP contribution < -0.4 is 14.8 Å². The first kappa shape index (κ1) is 23.7. The van der Waals surface area contributed by atoms with Crippen molar-refractivity contribution < 1.29 is 19.1 Å². The Labute approximate surface area is 210 Å². The van der Waals surface area contributed by atoms with Crippen molar-refractivity contribution in [3.8, 4) is 17.6 Å². The standard InChI is InChI=1S/C28H19BrN2O4/c1-34-25-16-18(15-23(29)26(25)35-28(33)20-9-3-2-4-10-20)14-21(17-30)27(32)31-24-13-7-11-19-8-5-6-12-22(19)24/h2-16H,1H3,(H,31,32)/b21-14+. The predicted molar refractivity (Wildman–Crippen MR) is 138 cm³/mol. The Hall–Kier alpha value is -4.41. The molecule has 0 bridgehead atoms. The van der Waals surface area contributed by atoms with E-state index in [1.54, 1.807) is 48.5 Å². The minimum Gasteiger partial charge on any atom is -0.493 e. The molecule has 35 heavy (non-hydrogen) atoms. The fraction of sp³-hybridized carbons (Fsp3) is 0.0357. The summed E-state index contributed by atoms with van der Waals surface area (Å²) in [4.78, 5) is 25.4. The van der Waals surface area contributed by atoms with Crippen LogP contribution in [0.2, 0.25) is 0 Å². The summed E-state index contributed by atoms with van der Waals surface area (Å²) in [6.45, 7) is 0. The van der Waals surface area contributed by atoms with E-state index in [4.69, 9.17) is 9.47 Å². The van der Waals surface area contributed by atoms with Crippen LogP contribution in [0.25, 0.3) is 16.8 Å². The number of benzene rings is 4. The SMILES string of the molecule is COc1cc(/C=C(\C#N)C(=O)Nc2cccc3ccccc23)cc(Br)c1OC(=O)c1ccccc1. The summed E-state index contributed by atoms with van der Waals surface area (Å²) in [7, 11) is 1.44. The first-order valence-electron chi connectivity index (χ1n) is 10.6. The van der Waals surface area contributed by atoms with Crippen LogP contribution in [0.1, 0.15) is 15.9 Å². The van der Waals surface area contributed by atoms with Crippen molar-refractivity contribution in [2.75, 3.05) is 12.4 Å². The normalized spacial score (nSPS) is 10.9. The Balaban J connectivity index is 1.61. The largest absolute Gasteiger partial charge is 0.493 e. The average molecular weight is 527 g/mol. The number of carbonyl (C=O) groups is 2. The number of rotatable bonds is 6. The predicted octanol–water partition coefficient (Wildman–Crippen LogP) is 6.38. The maximum absolute atomic E-state index is 12.9. The van der Waals surface area contributed by atoms with E-state index in [0.29, 0.717) is 21.3 Å². The zero-order valence-corrected chi connectivity index (χ0v) is 20.2. The highest BCUT2D eigenvalue weighted by atomic mass is 79.9. The number of ether oxygens (including phenoxy) is 2. The van der Waals surface area contributed by atoms with Gasteiger partial charge in [-0.05, 0) is 63.3 Å². The van der Waals surface area contributed by atoms with Crippen LogP contribution in [-0.4, -0.2) is 19.0 Å². The quantitative estimate of drug-likeness (QED) is 0.136. The number of anilines is 1. The number of nitrogens with zero attached hydrogens (tertiary/aromatic N) is 1. The summed E-state index contributed by atoms with van der Waals surface area (Å²) in [5.41, 5.74) is 1.41. The zero-order chi connectivity index (χ0) is 24.8. The van der Waals surface area contributed by atoms with E-state index in [9.17, 15) is 14.9 Å². The van der Waals surface area contributed by atoms with Gasteiger partial charge >= 0.3 is 5.97 Å². The lowest BCUT2D eigenvalue weighted by Crippen LogP contribution is -2.13. The fourth-order valence-corrected chi connectivity index (χ4v) is 4.03. The van der Waals surface area contributed by atoms with Gasteiger partial charge in [-0.25, -0.2) is 4.79 Å². The van der Waals surface area contributed by atoms with Gasteiger partial charge in [-0.2, -0.15) is 5.26 Å². The Morgan fingerprint density at radius 3 is 2.43 bits per heavy atom. The summed E-state index contributed by atoms with van der Waals surface area (Å²) in [6.07, 6.45) is 1.44. The molecule has 0 atom stereocenters. The molecule has 4 rings (SSSR count). The molecule has 1 amide bonds. The lowest BCUT2D eigenvalue weighted by Gasteiger charge is -2.13. The number of carbonyl (C=O) groups excluding carboxylic acids is 2. The van der Waals surface area contributed by atoms with Crippen LogP contribution in [0, 0.1) is 11.3 Å². The van der Waals surface area contributed by atoms with Crippen molar-refractivity contribution in [2.24, 2.45) is 0 Å². The number of hydrogen-bond acceptors (Lipinski definition) is 5. The van der Waals surface area contributed by atoms with E-state index < -0.39 is 11.9 Å². The molecule has 0 saturated heterocycles. The minimum atomic E-state index is -0.543. The second-order valence-corrected chi connectivity index (χ2v) is 8.29. The highest BCUT2D eigenvalue weighted by Gasteiger charge is 2.18. The molecule has 4 aromatic carbocycles. The number of amides is 1. The van der Waals surface area contributed by atoms with Crippen molar-refractivity contribution in [2.45, 2.75) is 0 Å². The summed E-state index contributed by atoms with van der Waals surface area (Å²) in [6, 6.07) is 27.0. The Bertz CT molecular complexity index is 1490. The van der Waals surface area contributed by atoms with Gasteiger partial charge in [0.1, 0.15) is 11.6 Å². The number of esters is 1. The average Bonchev–Trinajstić information content (AvgIpc) is 2.89. The van der Waals surface area contributed by atoms with Crippen molar-refractivity contribution in [1.29, 1.82) is 5.26 Å². The van der Waals surface area contributed by atoms with Crippen LogP contribution in [0.5, 0.6) is 11.5 Å². The summed E-state index contributed by atoms with van der Waals surface area (Å²) in [5, 5.41) is 14.3. The van der Waals surface area contributed by atoms with Crippen LogP contribution >= 0.6 is 15.9 Å². The molecule has 0 saturated carbocycles. The molecular weight excluding hydrogens is 508 g/mol. The minimum absolute atomic E-state index is 0.0964. The van der Waals surface area contributed by atoms with Crippen molar-refractivity contribution in [3.63, 3.8) is 0 Å². The van der Waals surface area contributed by atoms with E-state index in [0.717, 1.165) is 10.8 Å². The van der Waals surface area contributed by atoms with Gasteiger partial charge in [0.2, 0.25) is 0 Å². The third-order valence-electron chi connectivity index (χ3n) is 5.17. The highest BCUT2D eigenvalue weighted by Crippen LogP contribution is 2.38. The summed E-state index contributed by atoms with van der Waals surface area (Å²) < 4.78 is 11.4. The molecule has 172 valence electrons. The first-order valence-corrected chi connectivity index (χ1v) is 11.3. The second kappa shape index (κ2) is 10.7. The lowest BCUT2D eigenvalue weighted by molar-refractivity contribution is -0.112. The van der Waals surface area contributed by atoms with Gasteiger partial charge in [0.15, 0.2) is 11.5 Å². The summed E-state index contributed by atoms with van der Waals surface area (Å²) in [5.74, 6) is -0.627. The molecule has 0 spiro atoms. The van der Waals surface area contributed by atoms with Gasteiger partial charge in [-0.15, -0.1) is 0 Å². The van der Waals surface area contributed by atoms with E-state index >= 15 is 0 Å². The maximum Gasteiger partial charge on any atom is 0.343 e. The molecule has 4 aromatic rings. The van der Waals surface area contributed by atoms with Gasteiger partial charge in [0.05, 0.1) is 17.1 Å². The molecule has 0 aliphatic rings. The molecule has 1 N–H and O–H groups in total. The third-order valence-corrected chi connectivity index (χ3v) is 5.76. The van der Waals surface area contributed by atoms with Crippen molar-refractivity contribution in [3.05, 3.63) is 106 Å². The second-order valence-electron chi connectivity index (χ2n) is 7.44. The number of nitriles is 1. The maximum atomic E-state index is 12.9. The van der Waals surface area contributed by atoms with Gasteiger partial charge in [-0.1, -0.05) is 54.6 Å². The van der Waals surface area contributed by atoms with Gasteiger partial charge in [0.25, 0.3) is 5.91 Å². The smallest absolute Gasteiger partial charge is 0.343 e. The van der Waals surface area contributed by atoms with Gasteiger partial charge in [-0.3, -0.25) is 4.79 Å². The Morgan fingerprint density at radius 2 is 1.69 bits per heavy atom. The fourth-order valence-electron chi connectivity index (χ4n) is 3.49. The lowest BCUT2D eigenvalue weighted by atomic mass is 10.1. The van der Waals surface area contributed by atoms with E-state index in [2.05, 4.69) is 21.2 Å². The van der Waals surface area contributed by atoms with Gasteiger partial charge < -0.3 is 14.8 Å². The number of halogens is 1. The van der Waals surface area contributed by atoms with Gasteiger partial charge in [0, 0.05) is 11.1 Å². The van der Waals surface area contributed by atoms with Crippen molar-refractivity contribution in [1.82, 2.24) is 0 Å². The van der Waals surface area contributed by atoms with E-state index in [-0.39, 0.29) is 17.1 Å². The summed E-state index contributed by atoms with van der Waals surface area (Å²) >= 11 is 3.40. The first-order chi connectivity index (χ1) is 17.0. The molecule has 0 fully saturated rings. The molecule has 0 aromatic heterocycles. The van der Waals surface area contributed by atoms with Crippen LogP contribution in [0.4, 0.5) is 5.69 Å². The number of methoxy groups -OCH3 is 1. The topological polar surface area (TPSA) is 88.4 Å². The third kappa shape index (κ3) is 5.40. The number of nitrogens with one attached hydrogen (secondary N) is 1. The monoisotopic (exact) mass is 526 g/mol. The molecule has 0 aliphatic heterocycles. The number of hydrogen-bond donors (Lipinski definition) is 1. The van der Waals surface area contributed by atoms with E-state index in [1.807, 2.05) is 42.5 Å². The molecule has 7 heteroatoms. The number of fused-ring (bicyclic) bond motifs is 1. The van der Waals surface area contributed by atoms with Crippen LogP contribution in [0.15, 0.2) is 95.0 Å².